The Labute approximate surface area is 124 Å². The van der Waals surface area contributed by atoms with Crippen molar-refractivity contribution in [2.24, 2.45) is 5.16 Å². The zero-order valence-corrected chi connectivity index (χ0v) is 12.4. The van der Waals surface area contributed by atoms with E-state index in [1.165, 1.54) is 26.7 Å². The van der Waals surface area contributed by atoms with Crippen LogP contribution in [0.2, 0.25) is 0 Å². The number of amides is 1. The monoisotopic (exact) mass is 313 g/mol. The maximum atomic E-state index is 11.5. The van der Waals surface area contributed by atoms with Gasteiger partial charge in [-0.1, -0.05) is 5.16 Å². The van der Waals surface area contributed by atoms with E-state index in [2.05, 4.69) is 25.3 Å². The van der Waals surface area contributed by atoms with Gasteiger partial charge >= 0.3 is 0 Å². The first-order valence-corrected chi connectivity index (χ1v) is 4.48. The Balaban J connectivity index is 0.00000256. The van der Waals surface area contributed by atoms with Gasteiger partial charge in [0.15, 0.2) is 5.71 Å². The third-order valence-corrected chi connectivity index (χ3v) is 1.82. The van der Waals surface area contributed by atoms with Crippen LogP contribution in [0.1, 0.15) is 11.3 Å². The first-order chi connectivity index (χ1) is 7.74. The van der Waals surface area contributed by atoms with E-state index in [4.69, 9.17) is 5.11 Å². The van der Waals surface area contributed by atoms with E-state index in [0.717, 1.165) is 0 Å². The molecule has 0 fully saturated rings. The predicted molar refractivity (Wildman–Crippen MR) is 55.6 cm³/mol. The summed E-state index contributed by atoms with van der Waals surface area (Å²) in [4.78, 5) is 23.7. The van der Waals surface area contributed by atoms with Gasteiger partial charge in [0.25, 0.3) is 5.91 Å². The van der Waals surface area contributed by atoms with E-state index in [1.54, 1.807) is 0 Å². The second-order valence-electron chi connectivity index (χ2n) is 2.74. The molecular formula is C9H12N4O3Y. The molecule has 1 aromatic rings. The largest absolute Gasteiger partial charge is 0.398 e. The fourth-order valence-electron chi connectivity index (χ4n) is 1.10. The zero-order chi connectivity index (χ0) is 12.0. The van der Waals surface area contributed by atoms with Crippen LogP contribution in [-0.4, -0.2) is 40.9 Å². The summed E-state index contributed by atoms with van der Waals surface area (Å²) < 4.78 is 0. The van der Waals surface area contributed by atoms with Crippen LogP contribution in [0.25, 0.3) is 0 Å². The first-order valence-electron chi connectivity index (χ1n) is 4.48. The molecule has 0 saturated heterocycles. The first kappa shape index (κ1) is 16.1. The topological polar surface area (TPSA) is 96.7 Å². The minimum atomic E-state index is -0.439. The summed E-state index contributed by atoms with van der Waals surface area (Å²) in [6.45, 7) is -0.308. The Bertz CT molecular complexity index is 411. The molecule has 1 amide bonds. The third kappa shape index (κ3) is 4.10. The predicted octanol–water partition coefficient (Wildman–Crippen LogP) is -0.937. The minimum Gasteiger partial charge on any atom is -0.398 e. The summed E-state index contributed by atoms with van der Waals surface area (Å²) in [5.74, 6) is -0.439. The van der Waals surface area contributed by atoms with Gasteiger partial charge in [0.05, 0.1) is 17.9 Å². The Morgan fingerprint density at radius 2 is 2.35 bits per heavy atom. The maximum Gasteiger partial charge on any atom is 0.273 e. The van der Waals surface area contributed by atoms with Crippen LogP contribution >= 0.6 is 0 Å². The molecule has 89 valence electrons. The van der Waals surface area contributed by atoms with Crippen LogP contribution in [0.3, 0.4) is 0 Å². The molecule has 17 heavy (non-hydrogen) atoms. The zero-order valence-electron chi connectivity index (χ0n) is 9.54. The van der Waals surface area contributed by atoms with Crippen LogP contribution in [0.15, 0.2) is 17.7 Å². The standard InChI is InChI=1S/C9H12N4O3.Y/c1-10-9(15)8(13-16-2)6-3-11-5-12-7(6)4-14;/h3,5,14H,4H2,1-2H3,(H,10,15);/b13-8+;. The molecular weight excluding hydrogens is 301 g/mol. The molecule has 0 spiro atoms. The Hall–Kier alpha value is -0.916. The van der Waals surface area contributed by atoms with Crippen LogP contribution in [0, 0.1) is 0 Å². The van der Waals surface area contributed by atoms with E-state index >= 15 is 0 Å². The van der Waals surface area contributed by atoms with E-state index in [1.807, 2.05) is 0 Å². The van der Waals surface area contributed by atoms with Crippen LogP contribution in [0.5, 0.6) is 0 Å². The molecule has 0 bridgehead atoms. The maximum absolute atomic E-state index is 11.5. The number of carbonyl (C=O) groups is 1. The molecule has 7 nitrogen and oxygen atoms in total. The molecule has 1 radical (unpaired) electrons. The number of aliphatic hydroxyl groups is 1. The average Bonchev–Trinajstić information content (AvgIpc) is 2.35. The molecule has 0 saturated carbocycles. The van der Waals surface area contributed by atoms with Gasteiger partial charge in [-0.05, 0) is 0 Å². The second kappa shape index (κ2) is 8.22. The minimum absolute atomic E-state index is 0. The van der Waals surface area contributed by atoms with Gasteiger partial charge in [0.1, 0.15) is 13.4 Å². The number of aromatic nitrogens is 2. The molecule has 0 unspecified atom stereocenters. The molecule has 1 aromatic heterocycles. The van der Waals surface area contributed by atoms with Crippen molar-refractivity contribution in [2.45, 2.75) is 6.61 Å². The van der Waals surface area contributed by atoms with Crippen LogP contribution in [0.4, 0.5) is 0 Å². The van der Waals surface area contributed by atoms with E-state index in [0.29, 0.717) is 11.3 Å². The smallest absolute Gasteiger partial charge is 0.273 e. The van der Waals surface area contributed by atoms with Crippen molar-refractivity contribution in [3.63, 3.8) is 0 Å². The van der Waals surface area contributed by atoms with Crippen molar-refractivity contribution in [3.05, 3.63) is 23.8 Å². The fourth-order valence-corrected chi connectivity index (χ4v) is 1.10. The summed E-state index contributed by atoms with van der Waals surface area (Å²) in [7, 11) is 2.79. The molecule has 0 aliphatic carbocycles. The number of hydrogen-bond acceptors (Lipinski definition) is 6. The molecule has 0 aliphatic rings. The Morgan fingerprint density at radius 1 is 1.65 bits per heavy atom. The number of likely N-dealkylation sites (N-methyl/N-ethyl adjacent to an activating group) is 1. The van der Waals surface area contributed by atoms with Crippen molar-refractivity contribution >= 4 is 11.6 Å². The molecule has 0 aliphatic heterocycles. The number of carbonyl (C=O) groups excluding carboxylic acids is 1. The van der Waals surface area contributed by atoms with E-state index in [9.17, 15) is 4.79 Å². The van der Waals surface area contributed by atoms with Crippen LogP contribution in [-0.2, 0) is 48.9 Å². The van der Waals surface area contributed by atoms with Gasteiger partial charge in [0, 0.05) is 46.0 Å². The number of aliphatic hydroxyl groups excluding tert-OH is 1. The normalized spacial score (nSPS) is 10.4. The van der Waals surface area contributed by atoms with Crippen molar-refractivity contribution in [1.82, 2.24) is 15.3 Å². The average molecular weight is 313 g/mol. The van der Waals surface area contributed by atoms with Gasteiger partial charge in [-0.15, -0.1) is 0 Å². The third-order valence-electron chi connectivity index (χ3n) is 1.82. The van der Waals surface area contributed by atoms with E-state index in [-0.39, 0.29) is 45.0 Å². The van der Waals surface area contributed by atoms with Crippen LogP contribution < -0.4 is 5.32 Å². The van der Waals surface area contributed by atoms with Crippen molar-refractivity contribution in [1.29, 1.82) is 0 Å². The molecule has 8 heteroatoms. The number of hydrogen-bond donors (Lipinski definition) is 2. The quantitative estimate of drug-likeness (QED) is 0.552. The second-order valence-corrected chi connectivity index (χ2v) is 2.74. The van der Waals surface area contributed by atoms with Gasteiger partial charge < -0.3 is 15.3 Å². The van der Waals surface area contributed by atoms with Gasteiger partial charge in [-0.25, -0.2) is 9.97 Å². The fraction of sp³-hybridized carbons (Fsp3) is 0.333. The van der Waals surface area contributed by atoms with Crippen molar-refractivity contribution < 1.29 is 47.4 Å². The molecule has 2 N–H and O–H groups in total. The summed E-state index contributed by atoms with van der Waals surface area (Å²) in [6, 6.07) is 0. The molecule has 0 aromatic carbocycles. The summed E-state index contributed by atoms with van der Waals surface area (Å²) >= 11 is 0. The Kier molecular flexibility index (Phi) is 7.77. The van der Waals surface area contributed by atoms with Crippen molar-refractivity contribution in [2.75, 3.05) is 14.2 Å². The van der Waals surface area contributed by atoms with Gasteiger partial charge in [0.2, 0.25) is 0 Å². The number of rotatable bonds is 4. The number of oxime groups is 1. The SMILES string of the molecule is CNC(=O)/C(=N/OC)c1cncnc1CO.[Y]. The summed E-state index contributed by atoms with van der Waals surface area (Å²) in [5, 5.41) is 15.1. The number of nitrogens with zero attached hydrogens (tertiary/aromatic N) is 3. The summed E-state index contributed by atoms with van der Waals surface area (Å²) in [5.41, 5.74) is 0.676. The molecule has 1 rings (SSSR count). The summed E-state index contributed by atoms with van der Waals surface area (Å²) in [6.07, 6.45) is 2.68. The van der Waals surface area contributed by atoms with Gasteiger partial charge in [-0.3, -0.25) is 4.79 Å². The number of nitrogens with one attached hydrogen (secondary N) is 1. The Morgan fingerprint density at radius 3 is 2.88 bits per heavy atom. The molecule has 1 heterocycles. The van der Waals surface area contributed by atoms with Crippen molar-refractivity contribution in [3.8, 4) is 0 Å². The molecule has 0 atom stereocenters. The van der Waals surface area contributed by atoms with Gasteiger partial charge in [-0.2, -0.15) is 0 Å². The van der Waals surface area contributed by atoms with E-state index < -0.39 is 5.91 Å².